The molecule has 0 heterocycles. The molecular weight excluding hydrogens is 168 g/mol. The molecule has 1 atom stereocenters. The van der Waals surface area contributed by atoms with E-state index in [4.69, 9.17) is 9.84 Å². The van der Waals surface area contributed by atoms with Gasteiger partial charge >= 0.3 is 5.97 Å². The van der Waals surface area contributed by atoms with E-state index in [-0.39, 0.29) is 11.5 Å². The second-order valence-corrected chi connectivity index (χ2v) is 4.10. The molecule has 0 aliphatic rings. The fraction of sp³-hybridized carbons (Fsp3) is 0.900. The molecule has 0 aromatic heterocycles. The van der Waals surface area contributed by atoms with Gasteiger partial charge in [0.1, 0.15) is 0 Å². The van der Waals surface area contributed by atoms with E-state index in [0.717, 1.165) is 19.3 Å². The zero-order valence-electron chi connectivity index (χ0n) is 8.96. The highest BCUT2D eigenvalue weighted by Crippen LogP contribution is 2.18. The van der Waals surface area contributed by atoms with Crippen LogP contribution < -0.4 is 0 Å². The maximum absolute atomic E-state index is 10.5. The Balaban J connectivity index is 3.62. The average Bonchev–Trinajstić information content (AvgIpc) is 2.04. The SMILES string of the molecule is COC(C)(C)CCC[C@H](C)C(=O)O. The van der Waals surface area contributed by atoms with Gasteiger partial charge in [-0.15, -0.1) is 0 Å². The number of carbonyl (C=O) groups is 1. The Bertz CT molecular complexity index is 164. The van der Waals surface area contributed by atoms with Gasteiger partial charge in [-0.25, -0.2) is 0 Å². The summed E-state index contributed by atoms with van der Waals surface area (Å²) >= 11 is 0. The molecule has 3 nitrogen and oxygen atoms in total. The Hall–Kier alpha value is -0.570. The van der Waals surface area contributed by atoms with Crippen molar-refractivity contribution in [2.45, 2.75) is 45.6 Å². The molecule has 13 heavy (non-hydrogen) atoms. The van der Waals surface area contributed by atoms with Crippen molar-refractivity contribution in [3.8, 4) is 0 Å². The number of ether oxygens (including phenoxy) is 1. The van der Waals surface area contributed by atoms with Crippen LogP contribution in [-0.2, 0) is 9.53 Å². The van der Waals surface area contributed by atoms with Gasteiger partial charge in [0.2, 0.25) is 0 Å². The van der Waals surface area contributed by atoms with E-state index in [1.54, 1.807) is 14.0 Å². The molecule has 0 aromatic carbocycles. The Morgan fingerprint density at radius 3 is 2.46 bits per heavy atom. The number of carboxylic acids is 1. The molecule has 0 bridgehead atoms. The Morgan fingerprint density at radius 1 is 1.54 bits per heavy atom. The van der Waals surface area contributed by atoms with E-state index in [9.17, 15) is 4.79 Å². The predicted octanol–water partition coefficient (Wildman–Crippen LogP) is 2.30. The van der Waals surface area contributed by atoms with Gasteiger partial charge in [0.05, 0.1) is 11.5 Å². The highest BCUT2D eigenvalue weighted by Gasteiger charge is 2.17. The maximum atomic E-state index is 10.5. The van der Waals surface area contributed by atoms with Gasteiger partial charge in [-0.05, 0) is 33.1 Å². The molecule has 0 aliphatic carbocycles. The van der Waals surface area contributed by atoms with Gasteiger partial charge < -0.3 is 9.84 Å². The van der Waals surface area contributed by atoms with Crippen LogP contribution in [0.25, 0.3) is 0 Å². The van der Waals surface area contributed by atoms with Gasteiger partial charge in [0, 0.05) is 7.11 Å². The highest BCUT2D eigenvalue weighted by molar-refractivity contribution is 5.69. The summed E-state index contributed by atoms with van der Waals surface area (Å²) in [6.07, 6.45) is 2.53. The lowest BCUT2D eigenvalue weighted by Gasteiger charge is -2.22. The Kier molecular flexibility index (Phi) is 4.99. The van der Waals surface area contributed by atoms with Crippen LogP contribution in [0.4, 0.5) is 0 Å². The summed E-state index contributed by atoms with van der Waals surface area (Å²) in [5.74, 6) is -0.956. The Morgan fingerprint density at radius 2 is 2.08 bits per heavy atom. The lowest BCUT2D eigenvalue weighted by molar-refractivity contribution is -0.141. The van der Waals surface area contributed by atoms with Gasteiger partial charge in [0.15, 0.2) is 0 Å². The van der Waals surface area contributed by atoms with Crippen molar-refractivity contribution in [3.63, 3.8) is 0 Å². The van der Waals surface area contributed by atoms with Crippen molar-refractivity contribution in [1.29, 1.82) is 0 Å². The van der Waals surface area contributed by atoms with Crippen LogP contribution in [0.1, 0.15) is 40.0 Å². The molecule has 0 radical (unpaired) electrons. The van der Waals surface area contributed by atoms with Gasteiger partial charge in [0.25, 0.3) is 0 Å². The third-order valence-corrected chi connectivity index (χ3v) is 2.39. The fourth-order valence-corrected chi connectivity index (χ4v) is 1.06. The lowest BCUT2D eigenvalue weighted by Crippen LogP contribution is -2.22. The van der Waals surface area contributed by atoms with Crippen LogP contribution in [0.5, 0.6) is 0 Å². The third kappa shape index (κ3) is 5.64. The Labute approximate surface area is 80.1 Å². The molecule has 0 rings (SSSR count). The minimum atomic E-state index is -0.713. The van der Waals surface area contributed by atoms with Gasteiger partial charge in [-0.2, -0.15) is 0 Å². The van der Waals surface area contributed by atoms with Gasteiger partial charge in [-0.3, -0.25) is 4.79 Å². The summed E-state index contributed by atoms with van der Waals surface area (Å²) in [6.45, 7) is 5.76. The summed E-state index contributed by atoms with van der Waals surface area (Å²) in [5, 5.41) is 8.64. The molecule has 0 saturated heterocycles. The highest BCUT2D eigenvalue weighted by atomic mass is 16.5. The van der Waals surface area contributed by atoms with E-state index in [0.29, 0.717) is 0 Å². The van der Waals surface area contributed by atoms with E-state index in [1.165, 1.54) is 0 Å². The largest absolute Gasteiger partial charge is 0.481 e. The van der Waals surface area contributed by atoms with Crippen LogP contribution in [-0.4, -0.2) is 23.8 Å². The molecule has 0 saturated carbocycles. The molecule has 0 spiro atoms. The first kappa shape index (κ1) is 12.4. The standard InChI is InChI=1S/C10H20O3/c1-8(9(11)12)6-5-7-10(2,3)13-4/h8H,5-7H2,1-4H3,(H,11,12)/t8-/m0/s1. The average molecular weight is 188 g/mol. The second-order valence-electron chi connectivity index (χ2n) is 4.10. The molecule has 1 N–H and O–H groups in total. The molecule has 0 fully saturated rings. The van der Waals surface area contributed by atoms with Crippen LogP contribution >= 0.6 is 0 Å². The van der Waals surface area contributed by atoms with Crippen LogP contribution in [0.2, 0.25) is 0 Å². The van der Waals surface area contributed by atoms with Crippen molar-refractivity contribution in [1.82, 2.24) is 0 Å². The number of rotatable bonds is 6. The smallest absolute Gasteiger partial charge is 0.306 e. The van der Waals surface area contributed by atoms with Crippen LogP contribution in [0.15, 0.2) is 0 Å². The zero-order valence-corrected chi connectivity index (χ0v) is 8.96. The van der Waals surface area contributed by atoms with Gasteiger partial charge in [-0.1, -0.05) is 6.92 Å². The first-order valence-electron chi connectivity index (χ1n) is 4.67. The van der Waals surface area contributed by atoms with E-state index in [1.807, 2.05) is 13.8 Å². The van der Waals surface area contributed by atoms with Crippen molar-refractivity contribution >= 4 is 5.97 Å². The number of aliphatic carboxylic acids is 1. The summed E-state index contributed by atoms with van der Waals surface area (Å²) in [6, 6.07) is 0. The molecule has 78 valence electrons. The third-order valence-electron chi connectivity index (χ3n) is 2.39. The van der Waals surface area contributed by atoms with Crippen molar-refractivity contribution in [3.05, 3.63) is 0 Å². The van der Waals surface area contributed by atoms with Crippen LogP contribution in [0.3, 0.4) is 0 Å². The minimum Gasteiger partial charge on any atom is -0.481 e. The predicted molar refractivity (Wildman–Crippen MR) is 51.7 cm³/mol. The monoisotopic (exact) mass is 188 g/mol. The molecule has 0 unspecified atom stereocenters. The topological polar surface area (TPSA) is 46.5 Å². The summed E-state index contributed by atoms with van der Waals surface area (Å²) in [7, 11) is 1.68. The first-order valence-corrected chi connectivity index (χ1v) is 4.67. The quantitative estimate of drug-likeness (QED) is 0.695. The van der Waals surface area contributed by atoms with Crippen molar-refractivity contribution in [2.75, 3.05) is 7.11 Å². The van der Waals surface area contributed by atoms with E-state index >= 15 is 0 Å². The first-order chi connectivity index (χ1) is 5.89. The number of carboxylic acid groups (broad SMARTS) is 1. The van der Waals surface area contributed by atoms with E-state index in [2.05, 4.69) is 0 Å². The fourth-order valence-electron chi connectivity index (χ4n) is 1.06. The number of hydrogen-bond acceptors (Lipinski definition) is 2. The van der Waals surface area contributed by atoms with Crippen LogP contribution in [0, 0.1) is 5.92 Å². The maximum Gasteiger partial charge on any atom is 0.306 e. The molecule has 3 heteroatoms. The zero-order chi connectivity index (χ0) is 10.5. The van der Waals surface area contributed by atoms with Crippen molar-refractivity contribution in [2.24, 2.45) is 5.92 Å². The molecular formula is C10H20O3. The second kappa shape index (κ2) is 5.22. The molecule has 0 aromatic rings. The van der Waals surface area contributed by atoms with E-state index < -0.39 is 5.97 Å². The summed E-state index contributed by atoms with van der Waals surface area (Å²) in [5.41, 5.74) is -0.127. The molecule has 0 aliphatic heterocycles. The summed E-state index contributed by atoms with van der Waals surface area (Å²) in [4.78, 5) is 10.5. The molecule has 0 amide bonds. The lowest BCUT2D eigenvalue weighted by atomic mass is 9.97. The normalized spacial score (nSPS) is 14.2. The van der Waals surface area contributed by atoms with Crippen molar-refractivity contribution < 1.29 is 14.6 Å². The minimum absolute atomic E-state index is 0.127. The summed E-state index contributed by atoms with van der Waals surface area (Å²) < 4.78 is 5.23. The number of hydrogen-bond donors (Lipinski definition) is 1. The number of methoxy groups -OCH3 is 1.